The Labute approximate surface area is 222 Å². The Morgan fingerprint density at radius 1 is 1.16 bits per heavy atom. The maximum absolute atomic E-state index is 11.6. The molecule has 2 aliphatic rings. The van der Waals surface area contributed by atoms with E-state index in [1.54, 1.807) is 11.3 Å². The number of aromatic nitrogens is 1. The lowest BCUT2D eigenvalue weighted by Gasteiger charge is -2.26. The van der Waals surface area contributed by atoms with Crippen LogP contribution < -0.4 is 9.64 Å². The number of hydrogen-bond donors (Lipinski definition) is 1. The molecule has 0 bridgehead atoms. The van der Waals surface area contributed by atoms with E-state index in [0.29, 0.717) is 19.6 Å². The largest absolute Gasteiger partial charge is 0.488 e. The lowest BCUT2D eigenvalue weighted by Crippen LogP contribution is -2.35. The van der Waals surface area contributed by atoms with Crippen LogP contribution in [0.2, 0.25) is 0 Å². The van der Waals surface area contributed by atoms with Crippen LogP contribution in [0.4, 0.5) is 5.13 Å². The van der Waals surface area contributed by atoms with Gasteiger partial charge in [-0.25, -0.2) is 4.98 Å². The van der Waals surface area contributed by atoms with Crippen LogP contribution in [0, 0.1) is 19.8 Å². The summed E-state index contributed by atoms with van der Waals surface area (Å²) in [5.74, 6) is -0.281. The quantitative estimate of drug-likeness (QED) is 0.440. The summed E-state index contributed by atoms with van der Waals surface area (Å²) in [7, 11) is 0. The van der Waals surface area contributed by atoms with Crippen molar-refractivity contribution in [1.82, 2.24) is 9.88 Å². The summed E-state index contributed by atoms with van der Waals surface area (Å²) < 4.78 is 11.8. The van der Waals surface area contributed by atoms with Crippen LogP contribution in [0.5, 0.6) is 5.75 Å². The topological polar surface area (TPSA) is 75.1 Å². The van der Waals surface area contributed by atoms with Crippen LogP contribution in [-0.2, 0) is 22.7 Å². The summed E-state index contributed by atoms with van der Waals surface area (Å²) in [4.78, 5) is 21.0. The molecule has 5 rings (SSSR count). The highest BCUT2D eigenvalue weighted by Gasteiger charge is 2.37. The zero-order chi connectivity index (χ0) is 25.9. The highest BCUT2D eigenvalue weighted by atomic mass is 32.1. The van der Waals surface area contributed by atoms with E-state index in [9.17, 15) is 9.90 Å². The molecule has 2 atom stereocenters. The molecule has 0 radical (unpaired) electrons. The molecule has 2 fully saturated rings. The molecule has 1 aromatic heterocycles. The number of thiazole rings is 1. The second-order valence-corrected chi connectivity index (χ2v) is 11.0. The lowest BCUT2D eigenvalue weighted by molar-refractivity contribution is -0.141. The Hall–Kier alpha value is -2.94. The van der Waals surface area contributed by atoms with Crippen LogP contribution in [-0.4, -0.2) is 59.8 Å². The molecule has 0 spiro atoms. The van der Waals surface area contributed by atoms with Crippen molar-refractivity contribution in [2.24, 2.45) is 5.92 Å². The van der Waals surface area contributed by atoms with Gasteiger partial charge in [-0.2, -0.15) is 0 Å². The van der Waals surface area contributed by atoms with Crippen molar-refractivity contribution in [3.05, 3.63) is 64.0 Å². The first-order valence-corrected chi connectivity index (χ1v) is 13.8. The van der Waals surface area contributed by atoms with Crippen LogP contribution in [0.25, 0.3) is 11.3 Å². The van der Waals surface area contributed by atoms with Gasteiger partial charge < -0.3 is 19.5 Å². The number of nitrogens with zero attached hydrogens (tertiary/aromatic N) is 3. The fourth-order valence-electron chi connectivity index (χ4n) is 5.22. The Kier molecular flexibility index (Phi) is 7.79. The second kappa shape index (κ2) is 11.2. The van der Waals surface area contributed by atoms with E-state index >= 15 is 0 Å². The Morgan fingerprint density at radius 2 is 1.97 bits per heavy atom. The average molecular weight is 522 g/mol. The summed E-state index contributed by atoms with van der Waals surface area (Å²) in [5.41, 5.74) is 6.68. The predicted octanol–water partition coefficient (Wildman–Crippen LogP) is 5.14. The molecule has 2 aliphatic heterocycles. The molecule has 37 heavy (non-hydrogen) atoms. The third-order valence-electron chi connectivity index (χ3n) is 7.52. The van der Waals surface area contributed by atoms with Gasteiger partial charge in [-0.15, -0.1) is 11.3 Å². The van der Waals surface area contributed by atoms with Crippen molar-refractivity contribution >= 4 is 22.4 Å². The first-order chi connectivity index (χ1) is 17.9. The van der Waals surface area contributed by atoms with Gasteiger partial charge in [0.25, 0.3) is 0 Å². The van der Waals surface area contributed by atoms with Gasteiger partial charge in [0.2, 0.25) is 0 Å². The summed E-state index contributed by atoms with van der Waals surface area (Å²) in [5, 5.41) is 12.4. The molecule has 3 heterocycles. The molecule has 7 nitrogen and oxygen atoms in total. The fourth-order valence-corrected chi connectivity index (χ4v) is 6.16. The monoisotopic (exact) mass is 521 g/mol. The number of aryl methyl sites for hydroxylation is 2. The van der Waals surface area contributed by atoms with Crippen LogP contribution in [0.15, 0.2) is 41.8 Å². The van der Waals surface area contributed by atoms with E-state index in [0.717, 1.165) is 60.5 Å². The molecule has 8 heteroatoms. The van der Waals surface area contributed by atoms with E-state index in [1.165, 1.54) is 16.7 Å². The number of morpholine rings is 1. The van der Waals surface area contributed by atoms with Gasteiger partial charge in [0.05, 0.1) is 24.8 Å². The lowest BCUT2D eigenvalue weighted by atomic mass is 10.0. The fraction of sp³-hybridized carbons (Fsp3) is 0.448. The number of carbonyl (C=O) groups is 1. The van der Waals surface area contributed by atoms with E-state index < -0.39 is 5.97 Å². The summed E-state index contributed by atoms with van der Waals surface area (Å²) in [6.07, 6.45) is 0.648. The SMILES string of the molecule is Cc1ccc(OCc2ccc(CN3CCOCC3)cc2C)c(-c2csc(N3CCC(C(=O)O)C3C)n2)c1. The normalized spacial score (nSPS) is 20.4. The molecule has 0 amide bonds. The average Bonchev–Trinajstić information content (AvgIpc) is 3.51. The molecule has 2 saturated heterocycles. The minimum atomic E-state index is -0.731. The van der Waals surface area contributed by atoms with Crippen molar-refractivity contribution in [2.45, 2.75) is 46.4 Å². The van der Waals surface area contributed by atoms with Gasteiger partial charge in [-0.3, -0.25) is 9.69 Å². The predicted molar refractivity (Wildman–Crippen MR) is 146 cm³/mol. The van der Waals surface area contributed by atoms with E-state index in [4.69, 9.17) is 14.5 Å². The zero-order valence-corrected chi connectivity index (χ0v) is 22.6. The zero-order valence-electron chi connectivity index (χ0n) is 21.8. The Morgan fingerprint density at radius 3 is 2.70 bits per heavy atom. The standard InChI is InChI=1S/C29H35N3O4S/c1-19-4-7-27(36-17-23-6-5-22(15-20(23)2)16-31-10-12-35-13-11-31)25(14-19)26-18-37-29(30-26)32-9-8-24(21(32)3)28(33)34/h4-7,14-15,18,21,24H,8-13,16-17H2,1-3H3,(H,33,34). The van der Waals surface area contributed by atoms with Gasteiger partial charge >= 0.3 is 5.97 Å². The number of ether oxygens (including phenoxy) is 2. The van der Waals surface area contributed by atoms with E-state index in [1.807, 2.05) is 18.4 Å². The summed E-state index contributed by atoms with van der Waals surface area (Å²) >= 11 is 1.56. The van der Waals surface area contributed by atoms with Crippen LogP contribution in [0.1, 0.15) is 35.6 Å². The minimum Gasteiger partial charge on any atom is -0.488 e. The highest BCUT2D eigenvalue weighted by Crippen LogP contribution is 2.37. The van der Waals surface area contributed by atoms with Gasteiger partial charge in [0.15, 0.2) is 5.13 Å². The van der Waals surface area contributed by atoms with Crippen LogP contribution >= 0.6 is 11.3 Å². The van der Waals surface area contributed by atoms with Crippen molar-refractivity contribution in [3.63, 3.8) is 0 Å². The van der Waals surface area contributed by atoms with Gasteiger partial charge in [0.1, 0.15) is 12.4 Å². The Bertz CT molecular complexity index is 1250. The number of carboxylic acids is 1. The van der Waals surface area contributed by atoms with E-state index in [-0.39, 0.29) is 12.0 Å². The third kappa shape index (κ3) is 5.81. The summed E-state index contributed by atoms with van der Waals surface area (Å²) in [6.45, 7) is 11.9. The van der Waals surface area contributed by atoms with Crippen molar-refractivity contribution < 1.29 is 19.4 Å². The van der Waals surface area contributed by atoms with Crippen molar-refractivity contribution in [2.75, 3.05) is 37.7 Å². The molecular weight excluding hydrogens is 486 g/mol. The van der Waals surface area contributed by atoms with Crippen molar-refractivity contribution in [1.29, 1.82) is 0 Å². The Balaban J connectivity index is 1.29. The van der Waals surface area contributed by atoms with Gasteiger partial charge in [-0.1, -0.05) is 29.8 Å². The molecule has 2 unspecified atom stereocenters. The first kappa shape index (κ1) is 25.7. The first-order valence-electron chi connectivity index (χ1n) is 13.0. The molecule has 196 valence electrons. The van der Waals surface area contributed by atoms with Crippen LogP contribution in [0.3, 0.4) is 0 Å². The maximum atomic E-state index is 11.6. The molecular formula is C29H35N3O4S. The molecule has 0 aliphatic carbocycles. The number of benzene rings is 2. The number of rotatable bonds is 8. The molecule has 0 saturated carbocycles. The highest BCUT2D eigenvalue weighted by molar-refractivity contribution is 7.14. The molecule has 3 aromatic rings. The number of hydrogen-bond acceptors (Lipinski definition) is 7. The van der Waals surface area contributed by atoms with Gasteiger partial charge in [-0.05, 0) is 56.0 Å². The van der Waals surface area contributed by atoms with E-state index in [2.05, 4.69) is 54.0 Å². The third-order valence-corrected chi connectivity index (χ3v) is 8.40. The number of aliphatic carboxylic acids is 1. The smallest absolute Gasteiger partial charge is 0.308 e. The minimum absolute atomic E-state index is 0.0704. The molecule has 2 aromatic carbocycles. The number of anilines is 1. The maximum Gasteiger partial charge on any atom is 0.308 e. The van der Waals surface area contributed by atoms with Gasteiger partial charge in [0, 0.05) is 43.2 Å². The van der Waals surface area contributed by atoms with Crippen molar-refractivity contribution in [3.8, 4) is 17.0 Å². The number of carboxylic acid groups (broad SMARTS) is 1. The second-order valence-electron chi connectivity index (χ2n) is 10.1. The summed E-state index contributed by atoms with van der Waals surface area (Å²) in [6, 6.07) is 12.8. The molecule has 1 N–H and O–H groups in total.